The van der Waals surface area contributed by atoms with Gasteiger partial charge in [0.2, 0.25) is 0 Å². The summed E-state index contributed by atoms with van der Waals surface area (Å²) < 4.78 is 5.48. The third kappa shape index (κ3) is 2.69. The first kappa shape index (κ1) is 14.5. The van der Waals surface area contributed by atoms with Crippen LogP contribution in [0.1, 0.15) is 33.9 Å². The van der Waals surface area contributed by atoms with Crippen molar-refractivity contribution >= 4 is 28.9 Å². The maximum Gasteiger partial charge on any atom is 0.355 e. The van der Waals surface area contributed by atoms with Crippen molar-refractivity contribution in [2.45, 2.75) is 18.3 Å². The summed E-state index contributed by atoms with van der Waals surface area (Å²) in [5, 5.41) is 12.2. The van der Waals surface area contributed by atoms with Gasteiger partial charge in [0.1, 0.15) is 5.01 Å². The highest BCUT2D eigenvalue weighted by molar-refractivity contribution is 7.10. The Balaban J connectivity index is 2.09. The first-order valence-corrected chi connectivity index (χ1v) is 7.91. The van der Waals surface area contributed by atoms with E-state index in [1.54, 1.807) is 5.38 Å². The lowest BCUT2D eigenvalue weighted by Gasteiger charge is -2.36. The Morgan fingerprint density at radius 3 is 2.76 bits per heavy atom. The summed E-state index contributed by atoms with van der Waals surface area (Å²) in [4.78, 5) is 15.4. The third-order valence-corrected chi connectivity index (χ3v) is 5.14. The number of hydrogen-bond acceptors (Lipinski definition) is 4. The molecule has 1 fully saturated rings. The quantitative estimate of drug-likeness (QED) is 0.937. The molecule has 1 saturated heterocycles. The van der Waals surface area contributed by atoms with Gasteiger partial charge in [-0.25, -0.2) is 9.78 Å². The number of halogens is 1. The number of hydrogen-bond donors (Lipinski definition) is 1. The Morgan fingerprint density at radius 2 is 2.14 bits per heavy atom. The largest absolute Gasteiger partial charge is 0.476 e. The molecule has 6 heteroatoms. The zero-order valence-electron chi connectivity index (χ0n) is 11.2. The molecule has 4 nitrogen and oxygen atoms in total. The van der Waals surface area contributed by atoms with Gasteiger partial charge in [0.25, 0.3) is 0 Å². The average molecular weight is 324 g/mol. The highest BCUT2D eigenvalue weighted by Gasteiger charge is 2.39. The van der Waals surface area contributed by atoms with Crippen molar-refractivity contribution in [1.82, 2.24) is 4.98 Å². The molecule has 0 bridgehead atoms. The third-order valence-electron chi connectivity index (χ3n) is 3.86. The van der Waals surface area contributed by atoms with E-state index in [-0.39, 0.29) is 11.1 Å². The first-order chi connectivity index (χ1) is 10.1. The summed E-state index contributed by atoms with van der Waals surface area (Å²) in [5.41, 5.74) is 0.870. The second-order valence-electron chi connectivity index (χ2n) is 5.05. The number of nitrogens with zero attached hydrogens (tertiary/aromatic N) is 1. The van der Waals surface area contributed by atoms with Crippen molar-refractivity contribution in [2.75, 3.05) is 13.2 Å². The Labute approximate surface area is 131 Å². The molecule has 0 atom stereocenters. The van der Waals surface area contributed by atoms with Gasteiger partial charge in [-0.2, -0.15) is 0 Å². The number of carboxylic acids is 1. The predicted octanol–water partition coefficient (Wildman–Crippen LogP) is 3.59. The minimum atomic E-state index is -0.995. The van der Waals surface area contributed by atoms with E-state index in [0.29, 0.717) is 18.2 Å². The fourth-order valence-electron chi connectivity index (χ4n) is 2.72. The molecule has 1 N–H and O–H groups in total. The van der Waals surface area contributed by atoms with Gasteiger partial charge in [0.05, 0.1) is 5.41 Å². The molecule has 0 spiro atoms. The molecule has 0 unspecified atom stereocenters. The molecule has 2 heterocycles. The van der Waals surface area contributed by atoms with Crippen LogP contribution in [0.2, 0.25) is 5.02 Å². The number of carboxylic acid groups (broad SMARTS) is 1. The van der Waals surface area contributed by atoms with Crippen LogP contribution in [0.3, 0.4) is 0 Å². The lowest BCUT2D eigenvalue weighted by atomic mass is 9.74. The number of ether oxygens (including phenoxy) is 1. The van der Waals surface area contributed by atoms with Crippen LogP contribution < -0.4 is 0 Å². The van der Waals surface area contributed by atoms with Crippen LogP contribution in [0.15, 0.2) is 29.6 Å². The molecule has 3 rings (SSSR count). The van der Waals surface area contributed by atoms with E-state index >= 15 is 0 Å². The van der Waals surface area contributed by atoms with Gasteiger partial charge in [-0.1, -0.05) is 23.7 Å². The number of benzene rings is 1. The van der Waals surface area contributed by atoms with Gasteiger partial charge >= 0.3 is 5.97 Å². The standard InChI is InChI=1S/C15H14ClNO3S/c16-11-3-1-2-10(8-11)15(4-6-20-7-5-15)14-17-12(9-21-14)13(18)19/h1-3,8-9H,4-7H2,(H,18,19). The smallest absolute Gasteiger partial charge is 0.355 e. The van der Waals surface area contributed by atoms with E-state index in [4.69, 9.17) is 21.4 Å². The van der Waals surface area contributed by atoms with E-state index in [0.717, 1.165) is 23.4 Å². The van der Waals surface area contributed by atoms with Crippen LogP contribution in [-0.2, 0) is 10.2 Å². The van der Waals surface area contributed by atoms with Crippen molar-refractivity contribution < 1.29 is 14.6 Å². The molecule has 110 valence electrons. The number of aromatic carboxylic acids is 1. The van der Waals surface area contributed by atoms with Crippen LogP contribution >= 0.6 is 22.9 Å². The lowest BCUT2D eigenvalue weighted by molar-refractivity contribution is 0.0626. The maximum atomic E-state index is 11.1. The monoisotopic (exact) mass is 323 g/mol. The SMILES string of the molecule is O=C(O)c1csc(C2(c3cccc(Cl)c3)CCOCC2)n1. The average Bonchev–Trinajstić information content (AvgIpc) is 2.98. The number of thiazole rings is 1. The maximum absolute atomic E-state index is 11.1. The zero-order valence-corrected chi connectivity index (χ0v) is 12.8. The van der Waals surface area contributed by atoms with Crippen molar-refractivity contribution in [1.29, 1.82) is 0 Å². The topological polar surface area (TPSA) is 59.4 Å². The van der Waals surface area contributed by atoms with Crippen LogP contribution in [0, 0.1) is 0 Å². The summed E-state index contributed by atoms with van der Waals surface area (Å²) in [6, 6.07) is 7.72. The fraction of sp³-hybridized carbons (Fsp3) is 0.333. The molecule has 0 radical (unpaired) electrons. The van der Waals surface area contributed by atoms with Gasteiger partial charge in [-0.15, -0.1) is 11.3 Å². The molecular weight excluding hydrogens is 310 g/mol. The summed E-state index contributed by atoms with van der Waals surface area (Å²) in [6.07, 6.45) is 1.56. The van der Waals surface area contributed by atoms with Crippen molar-refractivity contribution in [3.63, 3.8) is 0 Å². The van der Waals surface area contributed by atoms with Crippen LogP contribution in [-0.4, -0.2) is 29.3 Å². The van der Waals surface area contributed by atoms with Gasteiger partial charge in [-0.3, -0.25) is 0 Å². The van der Waals surface area contributed by atoms with Crippen LogP contribution in [0.5, 0.6) is 0 Å². The van der Waals surface area contributed by atoms with E-state index in [2.05, 4.69) is 4.98 Å². The lowest BCUT2D eigenvalue weighted by Crippen LogP contribution is -2.35. The fourth-order valence-corrected chi connectivity index (χ4v) is 3.99. The second kappa shape index (κ2) is 5.75. The molecule has 0 amide bonds. The van der Waals surface area contributed by atoms with E-state index in [1.807, 2.05) is 24.3 Å². The molecule has 1 aromatic heterocycles. The van der Waals surface area contributed by atoms with Crippen molar-refractivity contribution in [3.05, 3.63) is 50.9 Å². The van der Waals surface area contributed by atoms with E-state index in [9.17, 15) is 4.79 Å². The van der Waals surface area contributed by atoms with E-state index < -0.39 is 5.97 Å². The minimum absolute atomic E-state index is 0.0999. The zero-order chi connectivity index (χ0) is 14.9. The molecule has 0 aliphatic carbocycles. The summed E-state index contributed by atoms with van der Waals surface area (Å²) in [6.45, 7) is 1.27. The molecule has 2 aromatic rings. The molecule has 1 aliphatic rings. The second-order valence-corrected chi connectivity index (χ2v) is 6.34. The highest BCUT2D eigenvalue weighted by Crippen LogP contribution is 2.43. The van der Waals surface area contributed by atoms with Gasteiger partial charge < -0.3 is 9.84 Å². The minimum Gasteiger partial charge on any atom is -0.476 e. The molecular formula is C15H14ClNO3S. The molecule has 1 aliphatic heterocycles. The summed E-state index contributed by atoms with van der Waals surface area (Å²) in [5.74, 6) is -0.995. The van der Waals surface area contributed by atoms with Gasteiger partial charge in [-0.05, 0) is 30.5 Å². The van der Waals surface area contributed by atoms with Gasteiger partial charge in [0.15, 0.2) is 5.69 Å². The van der Waals surface area contributed by atoms with Crippen molar-refractivity contribution in [2.24, 2.45) is 0 Å². The molecule has 1 aromatic carbocycles. The van der Waals surface area contributed by atoms with E-state index in [1.165, 1.54) is 11.3 Å². The Hall–Kier alpha value is -1.43. The normalized spacial score (nSPS) is 17.6. The summed E-state index contributed by atoms with van der Waals surface area (Å²) >= 11 is 7.52. The Kier molecular flexibility index (Phi) is 3.97. The highest BCUT2D eigenvalue weighted by atomic mass is 35.5. The first-order valence-electron chi connectivity index (χ1n) is 6.65. The predicted molar refractivity (Wildman–Crippen MR) is 81.4 cm³/mol. The van der Waals surface area contributed by atoms with Gasteiger partial charge in [0, 0.05) is 23.6 Å². The van der Waals surface area contributed by atoms with Crippen molar-refractivity contribution in [3.8, 4) is 0 Å². The summed E-state index contributed by atoms with van der Waals surface area (Å²) in [7, 11) is 0. The Bertz CT molecular complexity index is 664. The van der Waals surface area contributed by atoms with Crippen LogP contribution in [0.25, 0.3) is 0 Å². The number of rotatable bonds is 3. The number of aromatic nitrogens is 1. The number of carbonyl (C=O) groups is 1. The Morgan fingerprint density at radius 1 is 1.38 bits per heavy atom. The molecule has 21 heavy (non-hydrogen) atoms. The molecule has 0 saturated carbocycles. The van der Waals surface area contributed by atoms with Crippen LogP contribution in [0.4, 0.5) is 0 Å².